The zero-order valence-electron chi connectivity index (χ0n) is 19.3. The third-order valence-corrected chi connectivity index (χ3v) is 4.81. The minimum atomic E-state index is -0.440. The van der Waals surface area contributed by atoms with Crippen molar-refractivity contribution in [3.05, 3.63) is 66.3 Å². The molecule has 0 radical (unpaired) electrons. The molecule has 10 nitrogen and oxygen atoms in total. The van der Waals surface area contributed by atoms with Crippen molar-refractivity contribution in [1.82, 2.24) is 14.5 Å². The van der Waals surface area contributed by atoms with Crippen LogP contribution in [0.1, 0.15) is 43.9 Å². The number of pyridine rings is 1. The molecule has 4 rings (SSSR count). The van der Waals surface area contributed by atoms with Crippen LogP contribution in [0.25, 0.3) is 5.65 Å². The molecule has 0 saturated carbocycles. The molecule has 3 aromatic heterocycles. The van der Waals surface area contributed by atoms with Gasteiger partial charge in [-0.1, -0.05) is 25.9 Å². The first kappa shape index (κ1) is 22.8. The van der Waals surface area contributed by atoms with E-state index in [0.717, 1.165) is 0 Å². The van der Waals surface area contributed by atoms with Crippen LogP contribution in [0.4, 0.5) is 16.3 Å². The third kappa shape index (κ3) is 5.17. The Hall–Kier alpha value is -4.34. The highest BCUT2D eigenvalue weighted by Gasteiger charge is 2.20. The summed E-state index contributed by atoms with van der Waals surface area (Å²) in [6, 6.07) is 11.6. The second-order valence-corrected chi connectivity index (χ2v) is 8.49. The highest BCUT2D eigenvalue weighted by atomic mass is 16.5. The summed E-state index contributed by atoms with van der Waals surface area (Å²) in [4.78, 5) is 28.5. The number of anilines is 2. The van der Waals surface area contributed by atoms with Gasteiger partial charge in [0.05, 0.1) is 12.8 Å². The van der Waals surface area contributed by atoms with Gasteiger partial charge in [-0.3, -0.25) is 9.72 Å². The number of carbonyl (C=O) groups excluding carboxylic acids is 2. The van der Waals surface area contributed by atoms with E-state index in [2.05, 4.69) is 20.8 Å². The molecule has 176 valence electrons. The van der Waals surface area contributed by atoms with Gasteiger partial charge in [-0.2, -0.15) is 0 Å². The van der Waals surface area contributed by atoms with Crippen molar-refractivity contribution in [2.24, 2.45) is 0 Å². The summed E-state index contributed by atoms with van der Waals surface area (Å²) in [5.74, 6) is 1.69. The number of rotatable bonds is 6. The van der Waals surface area contributed by atoms with E-state index in [1.807, 2.05) is 20.8 Å². The van der Waals surface area contributed by atoms with Gasteiger partial charge in [0.2, 0.25) is 0 Å². The van der Waals surface area contributed by atoms with Crippen LogP contribution in [0.5, 0.6) is 11.5 Å². The average Bonchev–Trinajstić information content (AvgIpc) is 3.42. The Morgan fingerprint density at radius 2 is 1.82 bits per heavy atom. The summed E-state index contributed by atoms with van der Waals surface area (Å²) >= 11 is 0. The van der Waals surface area contributed by atoms with Crippen LogP contribution >= 0.6 is 0 Å². The van der Waals surface area contributed by atoms with E-state index in [0.29, 0.717) is 40.1 Å². The van der Waals surface area contributed by atoms with E-state index >= 15 is 0 Å². The van der Waals surface area contributed by atoms with Crippen molar-refractivity contribution in [1.29, 1.82) is 0 Å². The summed E-state index contributed by atoms with van der Waals surface area (Å²) in [5, 5.41) is 9.24. The summed E-state index contributed by atoms with van der Waals surface area (Å²) < 4.78 is 17.8. The van der Waals surface area contributed by atoms with Crippen molar-refractivity contribution in [2.45, 2.75) is 33.1 Å². The molecule has 0 bridgehead atoms. The molecule has 4 aromatic rings. The minimum Gasteiger partial charge on any atom is -0.461 e. The highest BCUT2D eigenvalue weighted by molar-refractivity contribution is 5.99. The Morgan fingerprint density at radius 1 is 1.06 bits per heavy atom. The molecular formula is C24H25N5O5. The second-order valence-electron chi connectivity index (χ2n) is 8.49. The van der Waals surface area contributed by atoms with Crippen LogP contribution in [0.3, 0.4) is 0 Å². The SMILES string of the molecule is CCOC(=O)c1cnc2cc(Oc3ccc(NC(=O)Nc4cc(C(C)(C)C)on4)cc3)ccn12. The van der Waals surface area contributed by atoms with E-state index in [-0.39, 0.29) is 12.0 Å². The molecule has 0 aliphatic heterocycles. The van der Waals surface area contributed by atoms with E-state index in [4.69, 9.17) is 14.0 Å². The number of fused-ring (bicyclic) bond motifs is 1. The fraction of sp³-hybridized carbons (Fsp3) is 0.250. The maximum Gasteiger partial charge on any atom is 0.356 e. The van der Waals surface area contributed by atoms with Gasteiger partial charge in [0.25, 0.3) is 0 Å². The number of esters is 1. The van der Waals surface area contributed by atoms with Crippen molar-refractivity contribution < 1.29 is 23.6 Å². The summed E-state index contributed by atoms with van der Waals surface area (Å²) in [6.45, 7) is 8.02. The van der Waals surface area contributed by atoms with Crippen LogP contribution in [-0.4, -0.2) is 33.1 Å². The second kappa shape index (κ2) is 9.26. The Kier molecular flexibility index (Phi) is 6.22. The summed E-state index contributed by atoms with van der Waals surface area (Å²) in [7, 11) is 0. The van der Waals surface area contributed by atoms with E-state index in [1.165, 1.54) is 6.20 Å². The number of nitrogens with one attached hydrogen (secondary N) is 2. The predicted molar refractivity (Wildman–Crippen MR) is 126 cm³/mol. The maximum absolute atomic E-state index is 12.3. The number of carbonyl (C=O) groups is 2. The van der Waals surface area contributed by atoms with Crippen LogP contribution in [0, 0.1) is 0 Å². The Bertz CT molecular complexity index is 1320. The lowest BCUT2D eigenvalue weighted by atomic mass is 9.93. The van der Waals surface area contributed by atoms with E-state index in [9.17, 15) is 9.59 Å². The van der Waals surface area contributed by atoms with Gasteiger partial charge in [0, 0.05) is 29.4 Å². The molecule has 34 heavy (non-hydrogen) atoms. The lowest BCUT2D eigenvalue weighted by Crippen LogP contribution is -2.19. The van der Waals surface area contributed by atoms with E-state index < -0.39 is 12.0 Å². The lowest BCUT2D eigenvalue weighted by Gasteiger charge is -2.12. The van der Waals surface area contributed by atoms with Gasteiger partial charge in [-0.25, -0.2) is 14.6 Å². The quantitative estimate of drug-likeness (QED) is 0.376. The fourth-order valence-corrected chi connectivity index (χ4v) is 3.09. The van der Waals surface area contributed by atoms with Crippen molar-refractivity contribution in [2.75, 3.05) is 17.2 Å². The smallest absolute Gasteiger partial charge is 0.356 e. The molecule has 1 aromatic carbocycles. The molecule has 2 N–H and O–H groups in total. The zero-order valence-corrected chi connectivity index (χ0v) is 19.3. The molecule has 0 unspecified atom stereocenters. The molecule has 0 saturated heterocycles. The number of ether oxygens (including phenoxy) is 2. The van der Waals surface area contributed by atoms with Crippen molar-refractivity contribution in [3.8, 4) is 11.5 Å². The van der Waals surface area contributed by atoms with Gasteiger partial charge >= 0.3 is 12.0 Å². The summed E-state index contributed by atoms with van der Waals surface area (Å²) in [5.41, 5.74) is 1.27. The average molecular weight is 463 g/mol. The van der Waals surface area contributed by atoms with E-state index in [1.54, 1.807) is 60.0 Å². The Morgan fingerprint density at radius 3 is 2.50 bits per heavy atom. The number of hydrogen-bond donors (Lipinski definition) is 2. The number of benzene rings is 1. The standard InChI is InChI=1S/C24H25N5O5/c1-5-32-22(30)18-14-25-21-12-17(10-11-29(18)21)33-16-8-6-15(7-9-16)26-23(31)27-20-13-19(34-28-20)24(2,3)4/h6-14H,5H2,1-4H3,(H2,26,27,28,31). The molecule has 0 spiro atoms. The maximum atomic E-state index is 12.3. The molecular weight excluding hydrogens is 438 g/mol. The predicted octanol–water partition coefficient (Wildman–Crippen LogP) is 5.23. The first-order valence-electron chi connectivity index (χ1n) is 10.7. The fourth-order valence-electron chi connectivity index (χ4n) is 3.09. The minimum absolute atomic E-state index is 0.204. The Labute approximate surface area is 195 Å². The van der Waals surface area contributed by atoms with Crippen LogP contribution in [0.2, 0.25) is 0 Å². The van der Waals surface area contributed by atoms with Gasteiger partial charge in [0.1, 0.15) is 22.9 Å². The van der Waals surface area contributed by atoms with Gasteiger partial charge in [0.15, 0.2) is 11.5 Å². The number of hydrogen-bond acceptors (Lipinski definition) is 7. The first-order chi connectivity index (χ1) is 16.2. The molecule has 10 heteroatoms. The molecule has 0 aliphatic rings. The molecule has 2 amide bonds. The number of imidazole rings is 1. The molecule has 0 fully saturated rings. The normalized spacial score (nSPS) is 11.3. The van der Waals surface area contributed by atoms with Crippen molar-refractivity contribution >= 4 is 29.2 Å². The molecule has 0 atom stereocenters. The highest BCUT2D eigenvalue weighted by Crippen LogP contribution is 2.26. The summed E-state index contributed by atoms with van der Waals surface area (Å²) in [6.07, 6.45) is 3.16. The zero-order chi connectivity index (χ0) is 24.3. The van der Waals surface area contributed by atoms with Crippen LogP contribution < -0.4 is 15.4 Å². The monoisotopic (exact) mass is 463 g/mol. The molecule has 0 aliphatic carbocycles. The number of amides is 2. The number of nitrogens with zero attached hydrogens (tertiary/aromatic N) is 3. The molecule has 3 heterocycles. The van der Waals surface area contributed by atoms with Crippen molar-refractivity contribution in [3.63, 3.8) is 0 Å². The third-order valence-electron chi connectivity index (χ3n) is 4.81. The van der Waals surface area contributed by atoms with Crippen LogP contribution in [-0.2, 0) is 10.2 Å². The number of urea groups is 1. The Balaban J connectivity index is 1.37. The first-order valence-corrected chi connectivity index (χ1v) is 10.7. The topological polar surface area (TPSA) is 120 Å². The van der Waals surface area contributed by atoms with Gasteiger partial charge in [-0.05, 0) is 37.3 Å². The van der Waals surface area contributed by atoms with Gasteiger partial charge < -0.3 is 19.3 Å². The largest absolute Gasteiger partial charge is 0.461 e. The van der Waals surface area contributed by atoms with Crippen LogP contribution in [0.15, 0.2) is 59.4 Å². The van der Waals surface area contributed by atoms with Gasteiger partial charge in [-0.15, -0.1) is 0 Å². The lowest BCUT2D eigenvalue weighted by molar-refractivity contribution is 0.0518. The number of aromatic nitrogens is 3.